The summed E-state index contributed by atoms with van der Waals surface area (Å²) >= 11 is 0. The summed E-state index contributed by atoms with van der Waals surface area (Å²) in [6.45, 7) is 6.83. The Morgan fingerprint density at radius 2 is 1.79 bits per heavy atom. The average Bonchev–Trinajstić information content (AvgIpc) is 2.40. The predicted octanol–water partition coefficient (Wildman–Crippen LogP) is 2.51. The maximum absolute atomic E-state index is 5.54. The van der Waals surface area contributed by atoms with Crippen molar-refractivity contribution in [3.63, 3.8) is 0 Å². The van der Waals surface area contributed by atoms with Crippen LogP contribution in [0.25, 0.3) is 0 Å². The number of piperidine rings is 1. The van der Waals surface area contributed by atoms with E-state index in [1.165, 1.54) is 45.1 Å². The molecule has 1 N–H and O–H groups in total. The smallest absolute Gasteiger partial charge is 0.0531 e. The van der Waals surface area contributed by atoms with Crippen molar-refractivity contribution in [1.82, 2.24) is 10.2 Å². The third-order valence-corrected chi connectivity index (χ3v) is 5.31. The van der Waals surface area contributed by atoms with Crippen molar-refractivity contribution >= 4 is 0 Å². The van der Waals surface area contributed by atoms with Gasteiger partial charge < -0.3 is 15.0 Å². The highest BCUT2D eigenvalue weighted by Crippen LogP contribution is 2.33. The van der Waals surface area contributed by atoms with Crippen molar-refractivity contribution in [2.75, 3.05) is 40.4 Å². The second-order valence-corrected chi connectivity index (χ2v) is 7.01. The monoisotopic (exact) mass is 268 g/mol. The van der Waals surface area contributed by atoms with Crippen molar-refractivity contribution in [2.24, 2.45) is 11.3 Å². The van der Waals surface area contributed by atoms with Crippen LogP contribution in [0, 0.1) is 11.3 Å². The van der Waals surface area contributed by atoms with E-state index in [1.807, 2.05) is 7.11 Å². The van der Waals surface area contributed by atoms with Crippen LogP contribution in [0.1, 0.15) is 45.4 Å². The van der Waals surface area contributed by atoms with E-state index >= 15 is 0 Å². The lowest BCUT2D eigenvalue weighted by molar-refractivity contribution is 0.0124. The van der Waals surface area contributed by atoms with Crippen LogP contribution >= 0.6 is 0 Å². The second kappa shape index (κ2) is 7.05. The second-order valence-electron chi connectivity index (χ2n) is 7.01. The molecule has 1 heterocycles. The molecular formula is C16H32N2O. The van der Waals surface area contributed by atoms with Gasteiger partial charge in [-0.3, -0.25) is 0 Å². The number of ether oxygens (including phenoxy) is 1. The zero-order chi connectivity index (χ0) is 13.7. The molecule has 2 fully saturated rings. The van der Waals surface area contributed by atoms with E-state index in [0.29, 0.717) is 5.41 Å². The third-order valence-electron chi connectivity index (χ3n) is 5.31. The Bertz CT molecular complexity index is 250. The van der Waals surface area contributed by atoms with E-state index in [-0.39, 0.29) is 0 Å². The lowest BCUT2D eigenvalue weighted by Gasteiger charge is -2.43. The Balaban J connectivity index is 1.89. The van der Waals surface area contributed by atoms with E-state index in [0.717, 1.165) is 31.7 Å². The van der Waals surface area contributed by atoms with Crippen molar-refractivity contribution in [1.29, 1.82) is 0 Å². The Labute approximate surface area is 119 Å². The van der Waals surface area contributed by atoms with Gasteiger partial charge >= 0.3 is 0 Å². The van der Waals surface area contributed by atoms with Crippen molar-refractivity contribution < 1.29 is 4.74 Å². The minimum absolute atomic E-state index is 0.387. The van der Waals surface area contributed by atoms with E-state index in [1.54, 1.807) is 0 Å². The maximum atomic E-state index is 5.54. The topological polar surface area (TPSA) is 24.5 Å². The zero-order valence-electron chi connectivity index (χ0n) is 13.1. The fourth-order valence-corrected chi connectivity index (χ4v) is 3.95. The van der Waals surface area contributed by atoms with E-state index in [4.69, 9.17) is 4.74 Å². The number of hydrogen-bond donors (Lipinski definition) is 1. The molecule has 0 atom stereocenters. The Morgan fingerprint density at radius 3 is 2.37 bits per heavy atom. The van der Waals surface area contributed by atoms with Gasteiger partial charge in [0.2, 0.25) is 0 Å². The minimum Gasteiger partial charge on any atom is -0.384 e. The predicted molar refractivity (Wildman–Crippen MR) is 80.5 cm³/mol. The molecule has 0 aromatic heterocycles. The molecule has 0 aromatic carbocycles. The molecule has 112 valence electrons. The first kappa shape index (κ1) is 15.3. The zero-order valence-corrected chi connectivity index (χ0v) is 13.1. The molecule has 2 rings (SSSR count). The molecule has 1 saturated carbocycles. The fraction of sp³-hybridized carbons (Fsp3) is 1.00. The molecule has 0 aromatic rings. The summed E-state index contributed by atoms with van der Waals surface area (Å²) in [5.74, 6) is 0.941. The maximum Gasteiger partial charge on any atom is 0.0531 e. The molecule has 2 aliphatic rings. The summed E-state index contributed by atoms with van der Waals surface area (Å²) in [6, 6.07) is 0.805. The molecule has 3 heteroatoms. The summed E-state index contributed by atoms with van der Waals surface area (Å²) in [6.07, 6.45) is 8.11. The van der Waals surface area contributed by atoms with Crippen molar-refractivity contribution in [3.8, 4) is 0 Å². The molecule has 3 nitrogen and oxygen atoms in total. The minimum atomic E-state index is 0.387. The van der Waals surface area contributed by atoms with Crippen LogP contribution in [0.2, 0.25) is 0 Å². The van der Waals surface area contributed by atoms with Gasteiger partial charge in [0, 0.05) is 25.1 Å². The van der Waals surface area contributed by atoms with Crippen LogP contribution in [0.4, 0.5) is 0 Å². The summed E-state index contributed by atoms with van der Waals surface area (Å²) in [5.41, 5.74) is 0.387. The third kappa shape index (κ3) is 4.17. The standard InChI is InChI=1S/C16H32N2O/c1-14-4-6-15(7-5-14)18(2)12-16(13-19-3)8-10-17-11-9-16/h14-15,17H,4-13H2,1-3H3. The van der Waals surface area contributed by atoms with Crippen molar-refractivity contribution in [2.45, 2.75) is 51.5 Å². The highest BCUT2D eigenvalue weighted by molar-refractivity contribution is 4.89. The van der Waals surface area contributed by atoms with Gasteiger partial charge in [-0.1, -0.05) is 6.92 Å². The number of methoxy groups -OCH3 is 1. The van der Waals surface area contributed by atoms with Gasteiger partial charge in [-0.05, 0) is 64.6 Å². The van der Waals surface area contributed by atoms with Crippen LogP contribution in [0.15, 0.2) is 0 Å². The summed E-state index contributed by atoms with van der Waals surface area (Å²) < 4.78 is 5.54. The van der Waals surface area contributed by atoms with Crippen LogP contribution in [-0.4, -0.2) is 51.3 Å². The molecule has 19 heavy (non-hydrogen) atoms. The molecule has 1 aliphatic carbocycles. The number of nitrogens with one attached hydrogen (secondary N) is 1. The number of nitrogens with zero attached hydrogens (tertiary/aromatic N) is 1. The first-order chi connectivity index (χ1) is 9.15. The lowest BCUT2D eigenvalue weighted by Crippen LogP contribution is -2.49. The Hall–Kier alpha value is -0.120. The molecule has 0 radical (unpaired) electrons. The molecule has 0 bridgehead atoms. The Kier molecular flexibility index (Phi) is 5.67. The fourth-order valence-electron chi connectivity index (χ4n) is 3.95. The molecule has 0 amide bonds. The van der Waals surface area contributed by atoms with Gasteiger partial charge in [0.1, 0.15) is 0 Å². The average molecular weight is 268 g/mol. The normalized spacial score (nSPS) is 31.6. The highest BCUT2D eigenvalue weighted by atomic mass is 16.5. The molecular weight excluding hydrogens is 236 g/mol. The van der Waals surface area contributed by atoms with Crippen LogP contribution in [-0.2, 0) is 4.74 Å². The van der Waals surface area contributed by atoms with Crippen LogP contribution in [0.5, 0.6) is 0 Å². The molecule has 0 spiro atoms. The number of hydrogen-bond acceptors (Lipinski definition) is 3. The van der Waals surface area contributed by atoms with Gasteiger partial charge in [-0.2, -0.15) is 0 Å². The van der Waals surface area contributed by atoms with Gasteiger partial charge in [-0.25, -0.2) is 0 Å². The summed E-state index contributed by atoms with van der Waals surface area (Å²) in [5, 5.41) is 3.48. The van der Waals surface area contributed by atoms with Crippen LogP contribution in [0.3, 0.4) is 0 Å². The van der Waals surface area contributed by atoms with E-state index in [9.17, 15) is 0 Å². The van der Waals surface area contributed by atoms with Gasteiger partial charge in [0.15, 0.2) is 0 Å². The Morgan fingerprint density at radius 1 is 1.16 bits per heavy atom. The van der Waals surface area contributed by atoms with Gasteiger partial charge in [-0.15, -0.1) is 0 Å². The van der Waals surface area contributed by atoms with Crippen molar-refractivity contribution in [3.05, 3.63) is 0 Å². The summed E-state index contributed by atoms with van der Waals surface area (Å²) in [7, 11) is 4.19. The first-order valence-electron chi connectivity index (χ1n) is 8.05. The summed E-state index contributed by atoms with van der Waals surface area (Å²) in [4.78, 5) is 2.64. The highest BCUT2D eigenvalue weighted by Gasteiger charge is 2.35. The van der Waals surface area contributed by atoms with Gasteiger partial charge in [0.05, 0.1) is 6.61 Å². The van der Waals surface area contributed by atoms with E-state index in [2.05, 4.69) is 24.2 Å². The lowest BCUT2D eigenvalue weighted by atomic mass is 9.78. The SMILES string of the molecule is COCC1(CN(C)C2CCC(C)CC2)CCNCC1. The van der Waals surface area contributed by atoms with Crippen LogP contribution < -0.4 is 5.32 Å². The largest absolute Gasteiger partial charge is 0.384 e. The van der Waals surface area contributed by atoms with Gasteiger partial charge in [0.25, 0.3) is 0 Å². The molecule has 1 saturated heterocycles. The number of rotatable bonds is 5. The molecule has 1 aliphatic heterocycles. The quantitative estimate of drug-likeness (QED) is 0.829. The molecule has 0 unspecified atom stereocenters. The first-order valence-corrected chi connectivity index (χ1v) is 8.05. The van der Waals surface area contributed by atoms with E-state index < -0.39 is 0 Å².